The molecule has 0 unspecified atom stereocenters. The number of ether oxygens (including phenoxy) is 1. The van der Waals surface area contributed by atoms with Crippen LogP contribution in [0.25, 0.3) is 0 Å². The van der Waals surface area contributed by atoms with E-state index in [4.69, 9.17) is 10.5 Å². The smallest absolute Gasteiger partial charge is 0.248 e. The van der Waals surface area contributed by atoms with Crippen LogP contribution in [-0.4, -0.2) is 17.4 Å². The molecule has 0 spiro atoms. The number of nitrogens with zero attached hydrogens (tertiary/aromatic N) is 1. The Morgan fingerprint density at radius 1 is 1.11 bits per heavy atom. The Balaban J connectivity index is 1.50. The number of nitrogens with two attached hydrogens (primary N) is 1. The van der Waals surface area contributed by atoms with Gasteiger partial charge in [-0.25, -0.2) is 4.39 Å². The summed E-state index contributed by atoms with van der Waals surface area (Å²) >= 11 is 0. The minimum absolute atomic E-state index is 0.0428. The molecular weight excluding hydrogens is 345 g/mol. The minimum atomic E-state index is -0.680. The van der Waals surface area contributed by atoms with E-state index in [1.807, 2.05) is 30.3 Å². The normalized spacial score (nSPS) is 10.6. The van der Waals surface area contributed by atoms with Crippen molar-refractivity contribution in [1.29, 1.82) is 0 Å². The SMILES string of the molecule is NC(=O)c1ccc(Oc2ccc(CNCCc3ccccn3)cc2)c(F)c1. The fourth-order valence-corrected chi connectivity index (χ4v) is 2.53. The second kappa shape index (κ2) is 8.91. The summed E-state index contributed by atoms with van der Waals surface area (Å²) in [6, 6.07) is 17.2. The summed E-state index contributed by atoms with van der Waals surface area (Å²) in [4.78, 5) is 15.3. The molecule has 1 heterocycles. The van der Waals surface area contributed by atoms with E-state index in [2.05, 4.69) is 10.3 Å². The van der Waals surface area contributed by atoms with Gasteiger partial charge in [-0.1, -0.05) is 18.2 Å². The highest BCUT2D eigenvalue weighted by Crippen LogP contribution is 2.25. The standard InChI is InChI=1S/C21H20FN3O2/c22-19-13-16(21(23)26)6-9-20(19)27-18-7-4-15(5-8-18)14-24-12-10-17-3-1-2-11-25-17/h1-9,11,13,24H,10,12,14H2,(H2,23,26). The molecule has 0 fully saturated rings. The number of hydrogen-bond acceptors (Lipinski definition) is 4. The average molecular weight is 365 g/mol. The molecule has 0 atom stereocenters. The van der Waals surface area contributed by atoms with E-state index >= 15 is 0 Å². The maximum Gasteiger partial charge on any atom is 0.248 e. The predicted molar refractivity (Wildman–Crippen MR) is 101 cm³/mol. The number of primary amides is 1. The van der Waals surface area contributed by atoms with Crippen molar-refractivity contribution in [2.24, 2.45) is 5.73 Å². The molecule has 3 rings (SSSR count). The molecule has 6 heteroatoms. The van der Waals surface area contributed by atoms with E-state index in [-0.39, 0.29) is 11.3 Å². The fraction of sp³-hybridized carbons (Fsp3) is 0.143. The van der Waals surface area contributed by atoms with Crippen molar-refractivity contribution in [1.82, 2.24) is 10.3 Å². The van der Waals surface area contributed by atoms with Crippen LogP contribution in [0.5, 0.6) is 11.5 Å². The lowest BCUT2D eigenvalue weighted by atomic mass is 10.2. The number of aromatic nitrogens is 1. The molecule has 0 radical (unpaired) electrons. The second-order valence-electron chi connectivity index (χ2n) is 6.00. The number of nitrogens with one attached hydrogen (secondary N) is 1. The third kappa shape index (κ3) is 5.36. The van der Waals surface area contributed by atoms with Crippen molar-refractivity contribution in [3.8, 4) is 11.5 Å². The number of halogens is 1. The average Bonchev–Trinajstić information content (AvgIpc) is 2.68. The van der Waals surface area contributed by atoms with Crippen LogP contribution in [0.2, 0.25) is 0 Å². The number of benzene rings is 2. The third-order valence-electron chi connectivity index (χ3n) is 3.98. The number of amides is 1. The van der Waals surface area contributed by atoms with Gasteiger partial charge >= 0.3 is 0 Å². The summed E-state index contributed by atoms with van der Waals surface area (Å²) in [6.45, 7) is 1.54. The van der Waals surface area contributed by atoms with Gasteiger partial charge in [-0.15, -0.1) is 0 Å². The van der Waals surface area contributed by atoms with Gasteiger partial charge in [-0.05, 0) is 48.0 Å². The van der Waals surface area contributed by atoms with Crippen LogP contribution in [0, 0.1) is 5.82 Å². The van der Waals surface area contributed by atoms with Crippen molar-refractivity contribution in [3.63, 3.8) is 0 Å². The van der Waals surface area contributed by atoms with Crippen LogP contribution in [-0.2, 0) is 13.0 Å². The van der Waals surface area contributed by atoms with Gasteiger partial charge < -0.3 is 15.8 Å². The Bertz CT molecular complexity index is 899. The zero-order chi connectivity index (χ0) is 19.1. The van der Waals surface area contributed by atoms with Gasteiger partial charge in [0, 0.05) is 37.0 Å². The van der Waals surface area contributed by atoms with Crippen molar-refractivity contribution >= 4 is 5.91 Å². The van der Waals surface area contributed by atoms with Gasteiger partial charge in [0.05, 0.1) is 0 Å². The Kier molecular flexibility index (Phi) is 6.12. The van der Waals surface area contributed by atoms with Gasteiger partial charge in [0.2, 0.25) is 5.91 Å². The molecule has 1 aromatic heterocycles. The van der Waals surface area contributed by atoms with Crippen molar-refractivity contribution in [2.45, 2.75) is 13.0 Å². The Morgan fingerprint density at radius 2 is 1.93 bits per heavy atom. The highest BCUT2D eigenvalue weighted by molar-refractivity contribution is 5.92. The molecule has 0 aliphatic rings. The Hall–Kier alpha value is -3.25. The Morgan fingerprint density at radius 3 is 2.59 bits per heavy atom. The minimum Gasteiger partial charge on any atom is -0.454 e. The van der Waals surface area contributed by atoms with Gasteiger partial charge in [-0.3, -0.25) is 9.78 Å². The lowest BCUT2D eigenvalue weighted by molar-refractivity contribution is 0.1000. The number of hydrogen-bond donors (Lipinski definition) is 2. The van der Waals surface area contributed by atoms with E-state index in [1.165, 1.54) is 12.1 Å². The van der Waals surface area contributed by atoms with Crippen molar-refractivity contribution < 1.29 is 13.9 Å². The molecule has 0 saturated carbocycles. The van der Waals surface area contributed by atoms with E-state index in [9.17, 15) is 9.18 Å². The van der Waals surface area contributed by atoms with Crippen LogP contribution in [0.15, 0.2) is 66.9 Å². The molecule has 27 heavy (non-hydrogen) atoms. The number of pyridine rings is 1. The quantitative estimate of drug-likeness (QED) is 0.600. The molecule has 138 valence electrons. The van der Waals surface area contributed by atoms with Crippen LogP contribution in [0.3, 0.4) is 0 Å². The summed E-state index contributed by atoms with van der Waals surface area (Å²) in [5.41, 5.74) is 7.38. The maximum absolute atomic E-state index is 14.0. The Labute approximate surface area is 157 Å². The first-order chi connectivity index (χ1) is 13.1. The van der Waals surface area contributed by atoms with Crippen LogP contribution >= 0.6 is 0 Å². The van der Waals surface area contributed by atoms with Crippen molar-refractivity contribution in [3.05, 3.63) is 89.5 Å². The zero-order valence-electron chi connectivity index (χ0n) is 14.7. The summed E-state index contributed by atoms with van der Waals surface area (Å²) in [5.74, 6) is -0.758. The first kappa shape index (κ1) is 18.5. The van der Waals surface area contributed by atoms with Gasteiger partial charge in [-0.2, -0.15) is 0 Å². The summed E-state index contributed by atoms with van der Waals surface area (Å²) in [7, 11) is 0. The van der Waals surface area contributed by atoms with E-state index in [1.54, 1.807) is 18.3 Å². The molecule has 3 aromatic rings. The van der Waals surface area contributed by atoms with E-state index < -0.39 is 11.7 Å². The van der Waals surface area contributed by atoms with Gasteiger partial charge in [0.25, 0.3) is 0 Å². The molecule has 5 nitrogen and oxygen atoms in total. The highest BCUT2D eigenvalue weighted by Gasteiger charge is 2.09. The van der Waals surface area contributed by atoms with Crippen LogP contribution in [0.4, 0.5) is 4.39 Å². The monoisotopic (exact) mass is 365 g/mol. The predicted octanol–water partition coefficient (Wildman–Crippen LogP) is 3.44. The highest BCUT2D eigenvalue weighted by atomic mass is 19.1. The first-order valence-corrected chi connectivity index (χ1v) is 8.58. The lowest BCUT2D eigenvalue weighted by Crippen LogP contribution is -2.17. The number of rotatable bonds is 8. The largest absolute Gasteiger partial charge is 0.454 e. The zero-order valence-corrected chi connectivity index (χ0v) is 14.7. The first-order valence-electron chi connectivity index (χ1n) is 8.58. The molecule has 2 aromatic carbocycles. The third-order valence-corrected chi connectivity index (χ3v) is 3.98. The molecule has 1 amide bonds. The van der Waals surface area contributed by atoms with Crippen LogP contribution in [0.1, 0.15) is 21.6 Å². The molecular formula is C21H20FN3O2. The maximum atomic E-state index is 14.0. The molecule has 0 bridgehead atoms. The van der Waals surface area contributed by atoms with E-state index in [0.717, 1.165) is 36.8 Å². The van der Waals surface area contributed by atoms with Gasteiger partial charge in [0.15, 0.2) is 11.6 Å². The molecule has 0 aliphatic heterocycles. The molecule has 0 aliphatic carbocycles. The van der Waals surface area contributed by atoms with E-state index in [0.29, 0.717) is 5.75 Å². The summed E-state index contributed by atoms with van der Waals surface area (Å²) in [6.07, 6.45) is 2.65. The summed E-state index contributed by atoms with van der Waals surface area (Å²) < 4.78 is 19.5. The second-order valence-corrected chi connectivity index (χ2v) is 6.00. The number of carbonyl (C=O) groups is 1. The van der Waals surface area contributed by atoms with Crippen LogP contribution < -0.4 is 15.8 Å². The molecule has 0 saturated heterocycles. The lowest BCUT2D eigenvalue weighted by Gasteiger charge is -2.09. The van der Waals surface area contributed by atoms with Crippen molar-refractivity contribution in [2.75, 3.05) is 6.54 Å². The van der Waals surface area contributed by atoms with Gasteiger partial charge in [0.1, 0.15) is 5.75 Å². The summed E-state index contributed by atoms with van der Waals surface area (Å²) in [5, 5.41) is 3.36. The fourth-order valence-electron chi connectivity index (χ4n) is 2.53. The molecule has 3 N–H and O–H groups in total. The topological polar surface area (TPSA) is 77.2 Å². The number of carbonyl (C=O) groups excluding carboxylic acids is 1.